The average molecular weight is 416 g/mol. The number of aryl methyl sites for hydroxylation is 1. The van der Waals surface area contributed by atoms with Crippen LogP contribution in [0.2, 0.25) is 0 Å². The van der Waals surface area contributed by atoms with E-state index in [1.54, 1.807) is 24.3 Å². The number of hydrogen-bond donors (Lipinski definition) is 2. The van der Waals surface area contributed by atoms with E-state index < -0.39 is 23.9 Å². The monoisotopic (exact) mass is 416 g/mol. The van der Waals surface area contributed by atoms with Crippen LogP contribution in [0.4, 0.5) is 5.00 Å². The van der Waals surface area contributed by atoms with Crippen LogP contribution in [-0.4, -0.2) is 30.0 Å². The molecule has 154 valence electrons. The number of carbonyl (C=O) groups excluding carboxylic acids is 3. The first kappa shape index (κ1) is 20.9. The van der Waals surface area contributed by atoms with E-state index in [1.165, 1.54) is 18.3 Å². The van der Waals surface area contributed by atoms with Gasteiger partial charge in [0.05, 0.1) is 17.2 Å². The van der Waals surface area contributed by atoms with Crippen LogP contribution in [0, 0.1) is 0 Å². The van der Waals surface area contributed by atoms with Crippen molar-refractivity contribution >= 4 is 34.1 Å². The van der Waals surface area contributed by atoms with Gasteiger partial charge in [-0.1, -0.05) is 0 Å². The van der Waals surface area contributed by atoms with Gasteiger partial charge in [-0.05, 0) is 69.9 Å². The first-order chi connectivity index (χ1) is 13.8. The van der Waals surface area contributed by atoms with Gasteiger partial charge in [0.1, 0.15) is 10.8 Å². The summed E-state index contributed by atoms with van der Waals surface area (Å²) < 4.78 is 10.8. The van der Waals surface area contributed by atoms with Crippen molar-refractivity contribution in [3.05, 3.63) is 45.8 Å². The van der Waals surface area contributed by atoms with E-state index in [-0.39, 0.29) is 6.10 Å². The molecule has 3 N–H and O–H groups in total. The number of ether oxygens (including phenoxy) is 2. The second-order valence-electron chi connectivity index (χ2n) is 7.15. The Balaban J connectivity index is 1.64. The minimum atomic E-state index is -1.04. The van der Waals surface area contributed by atoms with Gasteiger partial charge in [-0.2, -0.15) is 0 Å². The Morgan fingerprint density at radius 2 is 1.79 bits per heavy atom. The summed E-state index contributed by atoms with van der Waals surface area (Å²) in [5, 5.41) is 3.11. The van der Waals surface area contributed by atoms with E-state index in [0.717, 1.165) is 29.7 Å². The van der Waals surface area contributed by atoms with Gasteiger partial charge in [0, 0.05) is 4.88 Å². The molecule has 2 aromatic rings. The number of rotatable bonds is 7. The molecule has 2 amide bonds. The zero-order valence-corrected chi connectivity index (χ0v) is 17.4. The zero-order chi connectivity index (χ0) is 21.1. The number of nitrogens with one attached hydrogen (secondary N) is 1. The smallest absolute Gasteiger partial charge is 0.338 e. The molecule has 7 nitrogen and oxygen atoms in total. The number of anilines is 1. The molecule has 1 heterocycles. The molecule has 8 heteroatoms. The lowest BCUT2D eigenvalue weighted by atomic mass is 10.1. The number of benzene rings is 1. The standard InChI is InChI=1S/C21H24N2O5S/c1-11(2)27-14-9-7-13(8-10-14)21(26)28-12(3)19(25)23-20-17(18(22)24)15-5-4-6-16(15)29-20/h7-12H,4-6H2,1-3H3,(H2,22,24)(H,23,25)/t12-/m0/s1. The summed E-state index contributed by atoms with van der Waals surface area (Å²) in [4.78, 5) is 37.7. The highest BCUT2D eigenvalue weighted by atomic mass is 32.1. The number of amides is 2. The molecule has 3 rings (SSSR count). The van der Waals surface area contributed by atoms with Crippen LogP contribution in [0.1, 0.15) is 58.3 Å². The summed E-state index contributed by atoms with van der Waals surface area (Å²) >= 11 is 1.36. The fourth-order valence-electron chi connectivity index (χ4n) is 3.19. The summed E-state index contributed by atoms with van der Waals surface area (Å²) in [6.45, 7) is 5.30. The number of primary amides is 1. The third-order valence-corrected chi connectivity index (χ3v) is 5.73. The lowest BCUT2D eigenvalue weighted by Gasteiger charge is -2.14. The van der Waals surface area contributed by atoms with Crippen molar-refractivity contribution in [2.24, 2.45) is 5.73 Å². The van der Waals surface area contributed by atoms with E-state index in [1.807, 2.05) is 13.8 Å². The van der Waals surface area contributed by atoms with Crippen molar-refractivity contribution < 1.29 is 23.9 Å². The maximum absolute atomic E-state index is 12.5. The Hall–Kier alpha value is -2.87. The van der Waals surface area contributed by atoms with Gasteiger partial charge < -0.3 is 20.5 Å². The number of thiophene rings is 1. The maximum atomic E-state index is 12.5. The van der Waals surface area contributed by atoms with Crippen LogP contribution in [0.25, 0.3) is 0 Å². The van der Waals surface area contributed by atoms with Crippen molar-refractivity contribution in [1.82, 2.24) is 0 Å². The average Bonchev–Trinajstić information content (AvgIpc) is 3.21. The van der Waals surface area contributed by atoms with Crippen LogP contribution in [0.15, 0.2) is 24.3 Å². The van der Waals surface area contributed by atoms with Crippen LogP contribution >= 0.6 is 11.3 Å². The predicted molar refractivity (Wildman–Crippen MR) is 111 cm³/mol. The lowest BCUT2D eigenvalue weighted by molar-refractivity contribution is -0.123. The molecule has 0 aliphatic heterocycles. The second-order valence-corrected chi connectivity index (χ2v) is 8.26. The fourth-order valence-corrected chi connectivity index (χ4v) is 4.49. The molecular formula is C21H24N2O5S. The lowest BCUT2D eigenvalue weighted by Crippen LogP contribution is -2.30. The number of hydrogen-bond acceptors (Lipinski definition) is 6. The highest BCUT2D eigenvalue weighted by Crippen LogP contribution is 2.38. The van der Waals surface area contributed by atoms with Gasteiger partial charge in [-0.3, -0.25) is 9.59 Å². The summed E-state index contributed by atoms with van der Waals surface area (Å²) in [5.74, 6) is -1.05. The SMILES string of the molecule is CC(C)Oc1ccc(C(=O)O[C@@H](C)C(=O)Nc2sc3c(c2C(N)=O)CCC3)cc1. The quantitative estimate of drug-likeness (QED) is 0.673. The summed E-state index contributed by atoms with van der Waals surface area (Å²) in [7, 11) is 0. The fraction of sp³-hybridized carbons (Fsp3) is 0.381. The van der Waals surface area contributed by atoms with E-state index in [0.29, 0.717) is 21.9 Å². The molecule has 0 spiro atoms. The molecule has 1 aliphatic carbocycles. The molecule has 1 atom stereocenters. The minimum Gasteiger partial charge on any atom is -0.491 e. The molecule has 0 unspecified atom stereocenters. The first-order valence-corrected chi connectivity index (χ1v) is 10.3. The summed E-state index contributed by atoms with van der Waals surface area (Å²) in [6, 6.07) is 6.51. The van der Waals surface area contributed by atoms with E-state index in [4.69, 9.17) is 15.2 Å². The van der Waals surface area contributed by atoms with Gasteiger partial charge in [-0.25, -0.2) is 4.79 Å². The molecule has 1 aromatic heterocycles. The van der Waals surface area contributed by atoms with E-state index in [9.17, 15) is 14.4 Å². The Labute approximate surface area is 173 Å². The zero-order valence-electron chi connectivity index (χ0n) is 16.6. The highest BCUT2D eigenvalue weighted by molar-refractivity contribution is 7.17. The number of carbonyl (C=O) groups is 3. The molecular weight excluding hydrogens is 392 g/mol. The summed E-state index contributed by atoms with van der Waals surface area (Å²) in [5.41, 5.74) is 7.11. The Morgan fingerprint density at radius 3 is 2.41 bits per heavy atom. The van der Waals surface area contributed by atoms with Crippen molar-refractivity contribution in [1.29, 1.82) is 0 Å². The molecule has 29 heavy (non-hydrogen) atoms. The Kier molecular flexibility index (Phi) is 6.22. The van der Waals surface area contributed by atoms with Crippen LogP contribution in [-0.2, 0) is 22.4 Å². The second kappa shape index (κ2) is 8.65. The largest absolute Gasteiger partial charge is 0.491 e. The van der Waals surface area contributed by atoms with Crippen molar-refractivity contribution in [2.45, 2.75) is 52.2 Å². The van der Waals surface area contributed by atoms with Crippen LogP contribution in [0.5, 0.6) is 5.75 Å². The number of fused-ring (bicyclic) bond motifs is 1. The predicted octanol–water partition coefficient (Wildman–Crippen LogP) is 3.31. The minimum absolute atomic E-state index is 0.0282. The molecule has 0 saturated heterocycles. The topological polar surface area (TPSA) is 108 Å². The van der Waals surface area contributed by atoms with Gasteiger partial charge in [0.2, 0.25) is 0 Å². The molecule has 1 aliphatic rings. The normalized spacial score (nSPS) is 13.7. The Bertz CT molecular complexity index is 933. The van der Waals surface area contributed by atoms with Gasteiger partial charge in [0.25, 0.3) is 11.8 Å². The number of esters is 1. The van der Waals surface area contributed by atoms with Gasteiger partial charge in [0.15, 0.2) is 6.10 Å². The Morgan fingerprint density at radius 1 is 1.10 bits per heavy atom. The van der Waals surface area contributed by atoms with Crippen LogP contribution < -0.4 is 15.8 Å². The van der Waals surface area contributed by atoms with Gasteiger partial charge >= 0.3 is 5.97 Å². The first-order valence-electron chi connectivity index (χ1n) is 9.49. The molecule has 0 saturated carbocycles. The summed E-state index contributed by atoms with van der Waals surface area (Å²) in [6.07, 6.45) is 1.62. The third kappa shape index (κ3) is 4.76. The van der Waals surface area contributed by atoms with Crippen LogP contribution in [0.3, 0.4) is 0 Å². The van der Waals surface area contributed by atoms with E-state index >= 15 is 0 Å². The third-order valence-electron chi connectivity index (χ3n) is 4.52. The molecule has 0 radical (unpaired) electrons. The van der Waals surface area contributed by atoms with Crippen molar-refractivity contribution in [2.75, 3.05) is 5.32 Å². The number of nitrogens with two attached hydrogens (primary N) is 1. The highest BCUT2D eigenvalue weighted by Gasteiger charge is 2.28. The van der Waals surface area contributed by atoms with Gasteiger partial charge in [-0.15, -0.1) is 11.3 Å². The van der Waals surface area contributed by atoms with E-state index in [2.05, 4.69) is 5.32 Å². The maximum Gasteiger partial charge on any atom is 0.338 e. The molecule has 0 fully saturated rings. The molecule has 1 aromatic carbocycles. The van der Waals surface area contributed by atoms with Crippen molar-refractivity contribution in [3.63, 3.8) is 0 Å². The molecule has 0 bridgehead atoms. The van der Waals surface area contributed by atoms with Crippen molar-refractivity contribution in [3.8, 4) is 5.75 Å².